The summed E-state index contributed by atoms with van der Waals surface area (Å²) in [6.07, 6.45) is 3.19. The van der Waals surface area contributed by atoms with Crippen molar-refractivity contribution in [1.82, 2.24) is 10.2 Å². The molecule has 114 valence electrons. The third-order valence-corrected chi connectivity index (χ3v) is 5.19. The molecule has 2 bridgehead atoms. The van der Waals surface area contributed by atoms with Gasteiger partial charge in [0.2, 0.25) is 0 Å². The van der Waals surface area contributed by atoms with E-state index in [0.29, 0.717) is 0 Å². The number of hydrogen-bond acceptors (Lipinski definition) is 2. The van der Waals surface area contributed by atoms with Crippen molar-refractivity contribution in [2.24, 2.45) is 0 Å². The van der Waals surface area contributed by atoms with E-state index in [1.165, 1.54) is 11.1 Å². The summed E-state index contributed by atoms with van der Waals surface area (Å²) in [6, 6.07) is 4.49. The largest absolute Gasteiger partial charge is 0.467 e. The highest BCUT2D eigenvalue weighted by atomic mass is 79.9. The van der Waals surface area contributed by atoms with Gasteiger partial charge >= 0.3 is 0 Å². The van der Waals surface area contributed by atoms with Gasteiger partial charge in [-0.2, -0.15) is 0 Å². The van der Waals surface area contributed by atoms with Crippen molar-refractivity contribution in [3.63, 3.8) is 0 Å². The number of unbranched alkanes of at least 4 members (excludes halogenated alkanes) is 1. The summed E-state index contributed by atoms with van der Waals surface area (Å²) in [5, 5.41) is 4.31. The summed E-state index contributed by atoms with van der Waals surface area (Å²) in [5.74, 6) is 1.01. The van der Waals surface area contributed by atoms with Crippen LogP contribution < -0.4 is 10.1 Å². The predicted octanol–water partition coefficient (Wildman–Crippen LogP) is 4.29. The van der Waals surface area contributed by atoms with Gasteiger partial charge in [-0.25, -0.2) is 0 Å². The smallest absolute Gasteiger partial charge is 0.184 e. The molecular formula is C16H21BrN2OS. The predicted molar refractivity (Wildman–Crippen MR) is 92.6 cm³/mol. The first-order chi connectivity index (χ1) is 9.94. The summed E-state index contributed by atoms with van der Waals surface area (Å²) in [5.41, 5.74) is 2.03. The Kier molecular flexibility index (Phi) is 3.91. The Balaban J connectivity index is 2.01. The first-order valence-corrected chi connectivity index (χ1v) is 8.72. The van der Waals surface area contributed by atoms with E-state index >= 15 is 0 Å². The molecule has 2 atom stereocenters. The number of aryl methyl sites for hydroxylation is 1. The third kappa shape index (κ3) is 2.55. The lowest BCUT2D eigenvalue weighted by Gasteiger charge is -2.52. The van der Waals surface area contributed by atoms with E-state index in [1.54, 1.807) is 0 Å². The summed E-state index contributed by atoms with van der Waals surface area (Å²) in [7, 11) is 0. The maximum absolute atomic E-state index is 6.43. The van der Waals surface area contributed by atoms with Crippen LogP contribution in [0.1, 0.15) is 50.3 Å². The normalized spacial score (nSPS) is 27.0. The molecule has 0 amide bonds. The van der Waals surface area contributed by atoms with Gasteiger partial charge in [-0.15, -0.1) is 0 Å². The van der Waals surface area contributed by atoms with Crippen LogP contribution >= 0.6 is 28.1 Å². The number of nitrogens with one attached hydrogen (secondary N) is 1. The number of thiocarbonyl (C=S) groups is 1. The van der Waals surface area contributed by atoms with Gasteiger partial charge in [0.25, 0.3) is 0 Å². The molecule has 1 fully saturated rings. The minimum Gasteiger partial charge on any atom is -0.467 e. The van der Waals surface area contributed by atoms with E-state index in [0.717, 1.165) is 41.1 Å². The Morgan fingerprint density at radius 1 is 1.52 bits per heavy atom. The SMILES string of the molecule is CCCCN1C(=S)NC2CC1(C)Oc1c(C)cc(Br)cc12. The fourth-order valence-corrected chi connectivity index (χ4v) is 4.31. The second-order valence-corrected chi connectivity index (χ2v) is 7.43. The van der Waals surface area contributed by atoms with Gasteiger partial charge in [0.05, 0.1) is 6.04 Å². The van der Waals surface area contributed by atoms with Gasteiger partial charge in [-0.1, -0.05) is 29.3 Å². The molecule has 3 nitrogen and oxygen atoms in total. The standard InChI is InChI=1S/C16H21BrN2OS/c1-4-5-6-19-15(21)18-13-9-16(19,3)20-14-10(2)7-11(17)8-12(13)14/h7-8,13H,4-6,9H2,1-3H3,(H,18,21). The van der Waals surface area contributed by atoms with Crippen LogP contribution in [0.2, 0.25) is 0 Å². The molecule has 1 aromatic carbocycles. The van der Waals surface area contributed by atoms with Crippen LogP contribution in [0, 0.1) is 6.92 Å². The van der Waals surface area contributed by atoms with Crippen molar-refractivity contribution < 1.29 is 4.74 Å². The Bertz CT molecular complexity index is 592. The van der Waals surface area contributed by atoms with Crippen LogP contribution in [0.25, 0.3) is 0 Å². The number of nitrogens with zero attached hydrogens (tertiary/aromatic N) is 1. The zero-order valence-electron chi connectivity index (χ0n) is 12.7. The molecule has 3 rings (SSSR count). The number of rotatable bonds is 3. The molecule has 1 aromatic rings. The van der Waals surface area contributed by atoms with Crippen LogP contribution in [-0.4, -0.2) is 22.3 Å². The van der Waals surface area contributed by atoms with Gasteiger partial charge in [0, 0.05) is 23.0 Å². The van der Waals surface area contributed by atoms with Crippen molar-refractivity contribution in [3.05, 3.63) is 27.7 Å². The van der Waals surface area contributed by atoms with Crippen molar-refractivity contribution in [2.75, 3.05) is 6.54 Å². The number of fused-ring (bicyclic) bond motifs is 4. The van der Waals surface area contributed by atoms with E-state index in [2.05, 4.69) is 59.1 Å². The highest BCUT2D eigenvalue weighted by molar-refractivity contribution is 9.10. The summed E-state index contributed by atoms with van der Waals surface area (Å²) in [6.45, 7) is 7.40. The molecule has 0 aromatic heterocycles. The Labute approximate surface area is 140 Å². The van der Waals surface area contributed by atoms with Crippen LogP contribution in [-0.2, 0) is 0 Å². The summed E-state index contributed by atoms with van der Waals surface area (Å²) in [4.78, 5) is 2.22. The average Bonchev–Trinajstić information content (AvgIpc) is 2.40. The monoisotopic (exact) mass is 368 g/mol. The van der Waals surface area contributed by atoms with E-state index in [-0.39, 0.29) is 11.8 Å². The molecule has 1 N–H and O–H groups in total. The average molecular weight is 369 g/mol. The van der Waals surface area contributed by atoms with Gasteiger partial charge in [-0.05, 0) is 50.2 Å². The maximum atomic E-state index is 6.43. The molecule has 0 radical (unpaired) electrons. The van der Waals surface area contributed by atoms with Crippen LogP contribution in [0.4, 0.5) is 0 Å². The lowest BCUT2D eigenvalue weighted by Crippen LogP contribution is -2.64. The Hall–Kier alpha value is -0.810. The summed E-state index contributed by atoms with van der Waals surface area (Å²) < 4.78 is 7.52. The minimum atomic E-state index is -0.340. The fourth-order valence-electron chi connectivity index (χ4n) is 3.29. The van der Waals surface area contributed by atoms with Gasteiger partial charge < -0.3 is 15.0 Å². The van der Waals surface area contributed by atoms with E-state index in [9.17, 15) is 0 Å². The molecule has 5 heteroatoms. The zero-order chi connectivity index (χ0) is 15.2. The maximum Gasteiger partial charge on any atom is 0.184 e. The second kappa shape index (κ2) is 5.43. The second-order valence-electron chi connectivity index (χ2n) is 6.13. The van der Waals surface area contributed by atoms with E-state index in [4.69, 9.17) is 17.0 Å². The molecule has 2 aliphatic rings. The lowest BCUT2D eigenvalue weighted by atomic mass is 9.89. The van der Waals surface area contributed by atoms with Gasteiger partial charge in [0.15, 0.2) is 10.8 Å². The Morgan fingerprint density at radius 2 is 2.29 bits per heavy atom. The molecule has 0 aliphatic carbocycles. The van der Waals surface area contributed by atoms with Crippen LogP contribution in [0.3, 0.4) is 0 Å². The van der Waals surface area contributed by atoms with E-state index in [1.807, 2.05) is 0 Å². The highest BCUT2D eigenvalue weighted by Crippen LogP contribution is 2.46. The molecule has 2 heterocycles. The number of hydrogen-bond donors (Lipinski definition) is 1. The minimum absolute atomic E-state index is 0.236. The first kappa shape index (κ1) is 15.1. The zero-order valence-corrected chi connectivity index (χ0v) is 15.1. The molecule has 0 saturated carbocycles. The van der Waals surface area contributed by atoms with Crippen molar-refractivity contribution >= 4 is 33.3 Å². The number of benzene rings is 1. The van der Waals surface area contributed by atoms with Crippen LogP contribution in [0.15, 0.2) is 16.6 Å². The Morgan fingerprint density at radius 3 is 3.00 bits per heavy atom. The molecule has 0 spiro atoms. The van der Waals surface area contributed by atoms with Gasteiger partial charge in [-0.3, -0.25) is 0 Å². The lowest BCUT2D eigenvalue weighted by molar-refractivity contribution is -0.0689. The van der Waals surface area contributed by atoms with Crippen LogP contribution in [0.5, 0.6) is 5.75 Å². The van der Waals surface area contributed by atoms with Crippen molar-refractivity contribution in [1.29, 1.82) is 0 Å². The quantitative estimate of drug-likeness (QED) is 0.804. The van der Waals surface area contributed by atoms with Crippen molar-refractivity contribution in [3.8, 4) is 5.75 Å². The highest BCUT2D eigenvalue weighted by Gasteiger charge is 2.47. The summed E-state index contributed by atoms with van der Waals surface area (Å²) >= 11 is 9.16. The number of ether oxygens (including phenoxy) is 1. The first-order valence-electron chi connectivity index (χ1n) is 7.52. The van der Waals surface area contributed by atoms with Crippen molar-refractivity contribution in [2.45, 2.75) is 51.8 Å². The molecule has 2 unspecified atom stereocenters. The third-order valence-electron chi connectivity index (χ3n) is 4.40. The molecule has 2 aliphatic heterocycles. The fraction of sp³-hybridized carbons (Fsp3) is 0.562. The van der Waals surface area contributed by atoms with E-state index < -0.39 is 0 Å². The number of halogens is 1. The molecule has 1 saturated heterocycles. The molecular weight excluding hydrogens is 348 g/mol. The van der Waals surface area contributed by atoms with Gasteiger partial charge in [0.1, 0.15) is 5.75 Å². The molecule has 21 heavy (non-hydrogen) atoms. The topological polar surface area (TPSA) is 24.5 Å².